The van der Waals surface area contributed by atoms with Crippen molar-refractivity contribution >= 4 is 40.9 Å². The van der Waals surface area contributed by atoms with Gasteiger partial charge in [-0.15, -0.1) is 0 Å². The van der Waals surface area contributed by atoms with Crippen LogP contribution in [0.5, 0.6) is 0 Å². The number of nitrogens with zero attached hydrogens (tertiary/aromatic N) is 1. The Hall–Kier alpha value is -1.11. The predicted molar refractivity (Wildman–Crippen MR) is 95.1 cm³/mol. The molecule has 0 amide bonds. The number of fused-ring (bicyclic) bond motifs is 1. The number of hydrogen-bond acceptors (Lipinski definition) is 3. The molecule has 120 valence electrons. The average Bonchev–Trinajstić information content (AvgIpc) is 2.84. The van der Waals surface area contributed by atoms with Gasteiger partial charge < -0.3 is 14.0 Å². The van der Waals surface area contributed by atoms with Gasteiger partial charge in [-0.1, -0.05) is 35.6 Å². The van der Waals surface area contributed by atoms with E-state index in [1.165, 1.54) is 7.11 Å². The van der Waals surface area contributed by atoms with Gasteiger partial charge in [-0.05, 0) is 24.2 Å². The first-order chi connectivity index (χ1) is 10.3. The van der Waals surface area contributed by atoms with Crippen LogP contribution < -0.4 is 0 Å². The van der Waals surface area contributed by atoms with Gasteiger partial charge in [0.1, 0.15) is 6.73 Å². The molecule has 2 aromatic rings. The minimum Gasteiger partial charge on any atom is -0.465 e. The number of ether oxygens (including phenoxy) is 2. The maximum Gasteiger partial charge on any atom is 0.338 e. The molecule has 0 saturated heterocycles. The number of aromatic nitrogens is 1. The summed E-state index contributed by atoms with van der Waals surface area (Å²) in [7, 11) is 0.321. The van der Waals surface area contributed by atoms with Gasteiger partial charge >= 0.3 is 5.97 Å². The van der Waals surface area contributed by atoms with Crippen LogP contribution in [0.4, 0.5) is 0 Å². The van der Waals surface area contributed by atoms with Gasteiger partial charge in [-0.25, -0.2) is 4.79 Å². The van der Waals surface area contributed by atoms with E-state index >= 15 is 0 Å². The third kappa shape index (κ3) is 4.21. The molecule has 1 aromatic carbocycles. The standard InChI is InChI=1S/C16H22BrNO3Si/c1-20-16(19)14-9-12(17)10-15-13(14)5-6-18(15)11-21-7-8-22(2,3)4/h5-6,9-10H,7-8,11H2,1-4H3. The van der Waals surface area contributed by atoms with Gasteiger partial charge in [0.05, 0.1) is 18.2 Å². The van der Waals surface area contributed by atoms with E-state index in [0.717, 1.165) is 28.0 Å². The average molecular weight is 384 g/mol. The van der Waals surface area contributed by atoms with Crippen molar-refractivity contribution < 1.29 is 14.3 Å². The Bertz CT molecular complexity index is 676. The summed E-state index contributed by atoms with van der Waals surface area (Å²) in [6.45, 7) is 8.27. The van der Waals surface area contributed by atoms with E-state index < -0.39 is 8.07 Å². The highest BCUT2D eigenvalue weighted by atomic mass is 79.9. The SMILES string of the molecule is COC(=O)c1cc(Br)cc2c1ccn2COCC[Si](C)(C)C. The van der Waals surface area contributed by atoms with Crippen LogP contribution in [0.25, 0.3) is 10.9 Å². The molecule has 22 heavy (non-hydrogen) atoms. The molecule has 0 aliphatic rings. The van der Waals surface area contributed by atoms with Gasteiger partial charge in [-0.3, -0.25) is 0 Å². The normalized spacial score (nSPS) is 11.9. The van der Waals surface area contributed by atoms with E-state index in [9.17, 15) is 4.79 Å². The van der Waals surface area contributed by atoms with E-state index in [0.29, 0.717) is 12.3 Å². The van der Waals surface area contributed by atoms with Crippen LogP contribution in [0.15, 0.2) is 28.9 Å². The number of carbonyl (C=O) groups excluding carboxylic acids is 1. The molecule has 0 N–H and O–H groups in total. The van der Waals surface area contributed by atoms with Crippen LogP contribution >= 0.6 is 15.9 Å². The van der Waals surface area contributed by atoms with Crippen molar-refractivity contribution in [2.75, 3.05) is 13.7 Å². The molecule has 0 radical (unpaired) electrons. The number of carbonyl (C=O) groups is 1. The van der Waals surface area contributed by atoms with Crippen molar-refractivity contribution in [2.45, 2.75) is 32.4 Å². The number of methoxy groups -OCH3 is 1. The lowest BCUT2D eigenvalue weighted by Gasteiger charge is -2.16. The Morgan fingerprint density at radius 3 is 2.68 bits per heavy atom. The largest absolute Gasteiger partial charge is 0.465 e. The zero-order valence-electron chi connectivity index (χ0n) is 13.5. The highest BCUT2D eigenvalue weighted by molar-refractivity contribution is 9.10. The summed E-state index contributed by atoms with van der Waals surface area (Å²) < 4.78 is 13.5. The van der Waals surface area contributed by atoms with Crippen molar-refractivity contribution in [1.29, 1.82) is 0 Å². The van der Waals surface area contributed by atoms with Crippen LogP contribution in [0.3, 0.4) is 0 Å². The lowest BCUT2D eigenvalue weighted by molar-refractivity contribution is 0.0603. The van der Waals surface area contributed by atoms with E-state index in [1.807, 2.05) is 22.9 Å². The number of hydrogen-bond donors (Lipinski definition) is 0. The van der Waals surface area contributed by atoms with Crippen LogP contribution in [0, 0.1) is 0 Å². The zero-order chi connectivity index (χ0) is 16.3. The quantitative estimate of drug-likeness (QED) is 0.418. The third-order valence-corrected chi connectivity index (χ3v) is 5.65. The van der Waals surface area contributed by atoms with Gasteiger partial charge in [0, 0.05) is 30.7 Å². The summed E-state index contributed by atoms with van der Waals surface area (Å²) in [6, 6.07) is 6.84. The van der Waals surface area contributed by atoms with Crippen molar-refractivity contribution in [1.82, 2.24) is 4.57 Å². The summed E-state index contributed by atoms with van der Waals surface area (Å²) in [5.41, 5.74) is 1.52. The Balaban J connectivity index is 2.18. The van der Waals surface area contributed by atoms with Crippen molar-refractivity contribution in [2.24, 2.45) is 0 Å². The van der Waals surface area contributed by atoms with E-state index in [4.69, 9.17) is 9.47 Å². The van der Waals surface area contributed by atoms with Crippen LogP contribution in [0.2, 0.25) is 25.7 Å². The molecular weight excluding hydrogens is 362 g/mol. The topological polar surface area (TPSA) is 40.5 Å². The van der Waals surface area contributed by atoms with E-state index in [1.54, 1.807) is 6.07 Å². The molecule has 1 aromatic heterocycles. The molecule has 0 spiro atoms. The Morgan fingerprint density at radius 2 is 2.05 bits per heavy atom. The maximum atomic E-state index is 11.9. The molecule has 0 bridgehead atoms. The van der Waals surface area contributed by atoms with Crippen LogP contribution in [-0.2, 0) is 16.2 Å². The van der Waals surface area contributed by atoms with Gasteiger partial charge in [0.15, 0.2) is 0 Å². The molecule has 0 atom stereocenters. The van der Waals surface area contributed by atoms with Gasteiger partial charge in [0.2, 0.25) is 0 Å². The van der Waals surface area contributed by atoms with Crippen LogP contribution in [0.1, 0.15) is 10.4 Å². The molecule has 0 fully saturated rings. The summed E-state index contributed by atoms with van der Waals surface area (Å²) in [6.07, 6.45) is 1.94. The second kappa shape index (κ2) is 6.98. The zero-order valence-corrected chi connectivity index (χ0v) is 16.1. The van der Waals surface area contributed by atoms with Crippen molar-refractivity contribution in [3.05, 3.63) is 34.4 Å². The fraction of sp³-hybridized carbons (Fsp3) is 0.438. The first kappa shape index (κ1) is 17.2. The monoisotopic (exact) mass is 383 g/mol. The Kier molecular flexibility index (Phi) is 5.47. The Labute approximate surface area is 140 Å². The first-order valence-electron chi connectivity index (χ1n) is 7.26. The minimum atomic E-state index is -1.07. The highest BCUT2D eigenvalue weighted by Gasteiger charge is 2.15. The van der Waals surface area contributed by atoms with Crippen molar-refractivity contribution in [3.8, 4) is 0 Å². The predicted octanol–water partition coefficient (Wildman–Crippen LogP) is 4.50. The lowest BCUT2D eigenvalue weighted by atomic mass is 10.1. The molecule has 6 heteroatoms. The summed E-state index contributed by atoms with van der Waals surface area (Å²) in [5.74, 6) is -0.330. The third-order valence-electron chi connectivity index (χ3n) is 3.49. The molecule has 0 aliphatic heterocycles. The summed E-state index contributed by atoms with van der Waals surface area (Å²) >= 11 is 3.45. The molecule has 0 saturated carbocycles. The van der Waals surface area contributed by atoms with E-state index in [-0.39, 0.29) is 5.97 Å². The fourth-order valence-electron chi connectivity index (χ4n) is 2.19. The molecule has 4 nitrogen and oxygen atoms in total. The summed E-state index contributed by atoms with van der Waals surface area (Å²) in [4.78, 5) is 11.9. The maximum absolute atomic E-state index is 11.9. The summed E-state index contributed by atoms with van der Waals surface area (Å²) in [5, 5.41) is 0.879. The number of benzene rings is 1. The van der Waals surface area contributed by atoms with E-state index in [2.05, 4.69) is 35.6 Å². The highest BCUT2D eigenvalue weighted by Crippen LogP contribution is 2.26. The molecule has 0 aliphatic carbocycles. The molecule has 1 heterocycles. The van der Waals surface area contributed by atoms with Gasteiger partial charge in [-0.2, -0.15) is 0 Å². The Morgan fingerprint density at radius 1 is 1.32 bits per heavy atom. The molecule has 2 rings (SSSR count). The number of rotatable bonds is 6. The first-order valence-corrected chi connectivity index (χ1v) is 11.8. The second-order valence-corrected chi connectivity index (χ2v) is 13.0. The fourth-order valence-corrected chi connectivity index (χ4v) is 3.40. The van der Waals surface area contributed by atoms with Gasteiger partial charge in [0.25, 0.3) is 0 Å². The smallest absolute Gasteiger partial charge is 0.338 e. The lowest BCUT2D eigenvalue weighted by Crippen LogP contribution is -2.21. The number of halogens is 1. The molecule has 0 unspecified atom stereocenters. The number of esters is 1. The minimum absolute atomic E-state index is 0.330. The second-order valence-electron chi connectivity index (χ2n) is 6.51. The molecular formula is C16H22BrNO3Si. The van der Waals surface area contributed by atoms with Crippen molar-refractivity contribution in [3.63, 3.8) is 0 Å². The van der Waals surface area contributed by atoms with Crippen LogP contribution in [-0.4, -0.2) is 32.3 Å².